The van der Waals surface area contributed by atoms with E-state index in [2.05, 4.69) is 0 Å². The zero-order valence-corrected chi connectivity index (χ0v) is 16.2. The van der Waals surface area contributed by atoms with Crippen molar-refractivity contribution in [2.24, 2.45) is 0 Å². The van der Waals surface area contributed by atoms with E-state index >= 15 is 0 Å². The second-order valence-corrected chi connectivity index (χ2v) is 6.17. The molecule has 0 atom stereocenters. The Morgan fingerprint density at radius 1 is 0.966 bits per heavy atom. The fourth-order valence-corrected chi connectivity index (χ4v) is 2.81. The number of amides is 1. The van der Waals surface area contributed by atoms with E-state index in [1.165, 1.54) is 45.6 Å². The van der Waals surface area contributed by atoms with Crippen molar-refractivity contribution in [3.8, 4) is 23.0 Å². The predicted octanol–water partition coefficient (Wildman–Crippen LogP) is 3.55. The lowest BCUT2D eigenvalue weighted by Crippen LogP contribution is -2.41. The molecule has 0 aromatic heterocycles. The van der Waals surface area contributed by atoms with Gasteiger partial charge in [-0.15, -0.1) is 0 Å². The molecule has 9 heteroatoms. The first-order valence-electron chi connectivity index (χ1n) is 8.62. The van der Waals surface area contributed by atoms with E-state index in [1.54, 1.807) is 12.1 Å². The summed E-state index contributed by atoms with van der Waals surface area (Å²) < 4.78 is 54.9. The average molecular weight is 413 g/mol. The number of ether oxygens (including phenoxy) is 3. The summed E-state index contributed by atoms with van der Waals surface area (Å²) in [6.45, 7) is -0.465. The van der Waals surface area contributed by atoms with Crippen molar-refractivity contribution < 1.29 is 37.3 Å². The largest absolute Gasteiger partial charge is 0.508 e. The molecule has 0 spiro atoms. The summed E-state index contributed by atoms with van der Waals surface area (Å²) in [5, 5.41) is 9.32. The Kier molecular flexibility index (Phi) is 7.19. The summed E-state index contributed by atoms with van der Waals surface area (Å²) in [5.41, 5.74) is 1.08. The number of methoxy groups -OCH3 is 3. The van der Waals surface area contributed by atoms with E-state index < -0.39 is 12.1 Å². The number of nitrogens with zero attached hydrogens (tertiary/aromatic N) is 1. The average Bonchev–Trinajstić information content (AvgIpc) is 2.70. The molecule has 1 amide bonds. The minimum Gasteiger partial charge on any atom is -0.508 e. The van der Waals surface area contributed by atoms with Crippen molar-refractivity contribution >= 4 is 5.91 Å². The van der Waals surface area contributed by atoms with Crippen LogP contribution in [0.5, 0.6) is 23.0 Å². The minimum atomic E-state index is -5.00. The molecule has 0 unspecified atom stereocenters. The van der Waals surface area contributed by atoms with Crippen LogP contribution in [-0.4, -0.2) is 50.0 Å². The maximum atomic E-state index is 13.1. The number of phenols is 1. The van der Waals surface area contributed by atoms with Gasteiger partial charge in [0, 0.05) is 13.1 Å². The highest BCUT2D eigenvalue weighted by molar-refractivity contribution is 5.82. The van der Waals surface area contributed by atoms with Crippen LogP contribution in [0.1, 0.15) is 11.1 Å². The van der Waals surface area contributed by atoms with Crippen molar-refractivity contribution in [3.63, 3.8) is 0 Å². The fraction of sp³-hybridized carbons (Fsp3) is 0.350. The first kappa shape index (κ1) is 22.2. The maximum Gasteiger partial charge on any atom is 0.471 e. The van der Waals surface area contributed by atoms with E-state index in [-0.39, 0.29) is 36.8 Å². The smallest absolute Gasteiger partial charge is 0.471 e. The Hall–Kier alpha value is -3.10. The quantitative estimate of drug-likeness (QED) is 0.717. The zero-order valence-electron chi connectivity index (χ0n) is 16.2. The number of phenolic OH excluding ortho intramolecular Hbond substituents is 1. The molecular weight excluding hydrogens is 391 g/mol. The van der Waals surface area contributed by atoms with E-state index in [4.69, 9.17) is 14.2 Å². The number of halogens is 3. The first-order chi connectivity index (χ1) is 13.7. The van der Waals surface area contributed by atoms with Crippen molar-refractivity contribution in [2.75, 3.05) is 27.9 Å². The molecule has 2 aromatic rings. The van der Waals surface area contributed by atoms with Gasteiger partial charge in [-0.1, -0.05) is 12.1 Å². The molecule has 158 valence electrons. The first-order valence-corrected chi connectivity index (χ1v) is 8.62. The highest BCUT2D eigenvalue weighted by Crippen LogP contribution is 2.38. The summed E-state index contributed by atoms with van der Waals surface area (Å²) in [6.07, 6.45) is -4.82. The molecule has 0 saturated heterocycles. The molecule has 0 heterocycles. The summed E-state index contributed by atoms with van der Waals surface area (Å²) in [4.78, 5) is 12.7. The van der Waals surface area contributed by atoms with Gasteiger partial charge in [-0.25, -0.2) is 0 Å². The Morgan fingerprint density at radius 3 is 1.97 bits per heavy atom. The maximum absolute atomic E-state index is 13.1. The van der Waals surface area contributed by atoms with E-state index in [1.807, 2.05) is 0 Å². The van der Waals surface area contributed by atoms with Crippen LogP contribution in [-0.2, 0) is 17.8 Å². The Morgan fingerprint density at radius 2 is 1.52 bits per heavy atom. The number of benzene rings is 2. The molecular formula is C20H22F3NO5. The van der Waals surface area contributed by atoms with Crippen molar-refractivity contribution in [1.29, 1.82) is 0 Å². The van der Waals surface area contributed by atoms with Crippen LogP contribution >= 0.6 is 0 Å². The van der Waals surface area contributed by atoms with Crippen molar-refractivity contribution in [2.45, 2.75) is 19.1 Å². The molecule has 2 aromatic carbocycles. The van der Waals surface area contributed by atoms with Gasteiger partial charge in [0.2, 0.25) is 5.75 Å². The van der Waals surface area contributed by atoms with Gasteiger partial charge >= 0.3 is 12.1 Å². The fourth-order valence-electron chi connectivity index (χ4n) is 2.81. The summed E-state index contributed by atoms with van der Waals surface area (Å²) in [7, 11) is 4.20. The molecule has 0 bridgehead atoms. The van der Waals surface area contributed by atoms with Crippen LogP contribution in [0.15, 0.2) is 36.4 Å². The van der Waals surface area contributed by atoms with Crippen molar-refractivity contribution in [1.82, 2.24) is 4.90 Å². The SMILES string of the molecule is COc1cc(CN(CCc2ccc(O)cc2)C(=O)C(F)(F)F)cc(OC)c1OC. The van der Waals surface area contributed by atoms with Crippen LogP contribution in [0.25, 0.3) is 0 Å². The lowest BCUT2D eigenvalue weighted by Gasteiger charge is -2.25. The van der Waals surface area contributed by atoms with Gasteiger partial charge in [0.25, 0.3) is 0 Å². The monoisotopic (exact) mass is 413 g/mol. The summed E-state index contributed by atoms with van der Waals surface area (Å²) in [6, 6.07) is 9.04. The summed E-state index contributed by atoms with van der Waals surface area (Å²) in [5.74, 6) is -1.03. The second-order valence-electron chi connectivity index (χ2n) is 6.17. The van der Waals surface area contributed by atoms with Gasteiger partial charge < -0.3 is 24.2 Å². The zero-order chi connectivity index (χ0) is 21.6. The number of carbonyl (C=O) groups excluding carboxylic acids is 1. The molecule has 6 nitrogen and oxygen atoms in total. The molecule has 0 radical (unpaired) electrons. The predicted molar refractivity (Wildman–Crippen MR) is 99.4 cm³/mol. The third-order valence-electron chi connectivity index (χ3n) is 4.23. The van der Waals surface area contributed by atoms with Crippen LogP contribution in [0.2, 0.25) is 0 Å². The van der Waals surface area contributed by atoms with Gasteiger partial charge in [-0.05, 0) is 41.8 Å². The Labute approximate surface area is 166 Å². The minimum absolute atomic E-state index is 0.0504. The van der Waals surface area contributed by atoms with Crippen molar-refractivity contribution in [3.05, 3.63) is 47.5 Å². The Balaban J connectivity index is 2.29. The molecule has 29 heavy (non-hydrogen) atoms. The number of alkyl halides is 3. The van der Waals surface area contributed by atoms with Gasteiger partial charge in [0.1, 0.15) is 5.75 Å². The number of rotatable bonds is 8. The second kappa shape index (κ2) is 9.40. The van der Waals surface area contributed by atoms with E-state index in [9.17, 15) is 23.1 Å². The van der Waals surface area contributed by atoms with Gasteiger partial charge in [-0.3, -0.25) is 4.79 Å². The molecule has 2 rings (SSSR count). The lowest BCUT2D eigenvalue weighted by atomic mass is 10.1. The molecule has 0 saturated carbocycles. The third kappa shape index (κ3) is 5.69. The van der Waals surface area contributed by atoms with Crippen LogP contribution in [0.3, 0.4) is 0 Å². The van der Waals surface area contributed by atoms with Gasteiger partial charge in [0.05, 0.1) is 21.3 Å². The highest BCUT2D eigenvalue weighted by Gasteiger charge is 2.42. The number of hydrogen-bond acceptors (Lipinski definition) is 5. The van der Waals surface area contributed by atoms with Crippen LogP contribution in [0.4, 0.5) is 13.2 Å². The number of carbonyl (C=O) groups is 1. The summed E-state index contributed by atoms with van der Waals surface area (Å²) >= 11 is 0. The van der Waals surface area contributed by atoms with Gasteiger partial charge in [-0.2, -0.15) is 13.2 Å². The third-order valence-corrected chi connectivity index (χ3v) is 4.23. The molecule has 0 aliphatic rings. The van der Waals surface area contributed by atoms with Gasteiger partial charge in [0.15, 0.2) is 11.5 Å². The standard InChI is InChI=1S/C20H22F3NO5/c1-27-16-10-14(11-17(28-2)18(16)29-3)12-24(19(26)20(21,22)23)9-8-13-4-6-15(25)7-5-13/h4-7,10-11,25H,8-9,12H2,1-3H3. The molecule has 1 N–H and O–H groups in total. The Bertz CT molecular complexity index is 812. The topological polar surface area (TPSA) is 68.2 Å². The van der Waals surface area contributed by atoms with E-state index in [0.717, 1.165) is 0 Å². The molecule has 0 fully saturated rings. The normalized spacial score (nSPS) is 11.1. The number of hydrogen-bond donors (Lipinski definition) is 1. The molecule has 0 aliphatic carbocycles. The van der Waals surface area contributed by atoms with Crippen LogP contribution < -0.4 is 14.2 Å². The molecule has 0 aliphatic heterocycles. The van der Waals surface area contributed by atoms with E-state index in [0.29, 0.717) is 21.8 Å². The lowest BCUT2D eigenvalue weighted by molar-refractivity contribution is -0.186. The number of aromatic hydroxyl groups is 1. The highest BCUT2D eigenvalue weighted by atomic mass is 19.4. The van der Waals surface area contributed by atoms with Crippen LogP contribution in [0, 0.1) is 0 Å².